The topological polar surface area (TPSA) is 53.1 Å². The van der Waals surface area contributed by atoms with Crippen molar-refractivity contribution in [1.82, 2.24) is 14.7 Å². The van der Waals surface area contributed by atoms with E-state index < -0.39 is 0 Å². The van der Waals surface area contributed by atoms with Gasteiger partial charge in [0.15, 0.2) is 0 Å². The summed E-state index contributed by atoms with van der Waals surface area (Å²) in [4.78, 5) is 29.1. The Bertz CT molecular complexity index is 434. The zero-order valence-corrected chi connectivity index (χ0v) is 14.4. The molecule has 0 aromatic carbocycles. The maximum atomic E-state index is 11.7. The lowest BCUT2D eigenvalue weighted by molar-refractivity contribution is -0.123. The Morgan fingerprint density at radius 1 is 1.26 bits per heavy atom. The highest BCUT2D eigenvalue weighted by Crippen LogP contribution is 2.50. The van der Waals surface area contributed by atoms with Gasteiger partial charge in [0.1, 0.15) is 0 Å². The molecule has 0 aromatic heterocycles. The summed E-state index contributed by atoms with van der Waals surface area (Å²) in [6.45, 7) is 9.08. The Labute approximate surface area is 138 Å². The number of rotatable bonds is 5. The molecular formula is C17H29N3O3. The molecule has 2 aliphatic heterocycles. The predicted octanol–water partition coefficient (Wildman–Crippen LogP) is 1.55. The van der Waals surface area contributed by atoms with Crippen LogP contribution in [0.3, 0.4) is 0 Å². The minimum atomic E-state index is -0.157. The number of piperidine rings is 1. The highest BCUT2D eigenvalue weighted by atomic mass is 16.6. The van der Waals surface area contributed by atoms with Gasteiger partial charge in [-0.05, 0) is 39.5 Å². The summed E-state index contributed by atoms with van der Waals surface area (Å²) < 4.78 is 5.05. The van der Waals surface area contributed by atoms with Crippen LogP contribution in [0, 0.1) is 5.41 Å². The number of carbonyl (C=O) groups excluding carboxylic acids is 2. The van der Waals surface area contributed by atoms with Crippen LogP contribution in [0.25, 0.3) is 0 Å². The molecule has 0 atom stereocenters. The number of nitrogens with zero attached hydrogens (tertiary/aromatic N) is 3. The van der Waals surface area contributed by atoms with E-state index in [-0.39, 0.29) is 6.09 Å². The van der Waals surface area contributed by atoms with Gasteiger partial charge in [-0.2, -0.15) is 0 Å². The highest BCUT2D eigenvalue weighted by molar-refractivity contribution is 5.69. The monoisotopic (exact) mass is 323 g/mol. The van der Waals surface area contributed by atoms with E-state index in [2.05, 4.69) is 4.90 Å². The number of hydrogen-bond donors (Lipinski definition) is 0. The molecule has 0 N–H and O–H groups in total. The van der Waals surface area contributed by atoms with Crippen LogP contribution in [0.1, 0.15) is 39.5 Å². The predicted molar refractivity (Wildman–Crippen MR) is 87.1 cm³/mol. The average molecular weight is 323 g/mol. The average Bonchev–Trinajstić information content (AvgIpc) is 2.47. The van der Waals surface area contributed by atoms with Crippen LogP contribution in [0.15, 0.2) is 0 Å². The zero-order chi connectivity index (χ0) is 16.4. The molecule has 23 heavy (non-hydrogen) atoms. The molecule has 6 heteroatoms. The fraction of sp³-hybridized carbons (Fsp3) is 0.882. The van der Waals surface area contributed by atoms with Crippen LogP contribution >= 0.6 is 0 Å². The van der Waals surface area contributed by atoms with Crippen molar-refractivity contribution in [2.24, 2.45) is 5.41 Å². The van der Waals surface area contributed by atoms with E-state index in [1.54, 1.807) is 0 Å². The first-order chi connectivity index (χ1) is 11.1. The number of likely N-dealkylation sites (tertiary alicyclic amines) is 2. The molecule has 6 nitrogen and oxygen atoms in total. The molecule has 3 fully saturated rings. The van der Waals surface area contributed by atoms with E-state index in [1.807, 2.05) is 23.6 Å². The van der Waals surface area contributed by atoms with Crippen molar-refractivity contribution in [2.45, 2.75) is 51.6 Å². The summed E-state index contributed by atoms with van der Waals surface area (Å²) in [7, 11) is 0. The van der Waals surface area contributed by atoms with Gasteiger partial charge < -0.3 is 19.4 Å². The lowest BCUT2D eigenvalue weighted by atomic mass is 9.60. The third-order valence-corrected chi connectivity index (χ3v) is 5.90. The lowest BCUT2D eigenvalue weighted by Gasteiger charge is -2.61. The molecule has 1 spiro atoms. The number of hydrogen-bond acceptors (Lipinski definition) is 4. The van der Waals surface area contributed by atoms with Crippen LogP contribution in [0.4, 0.5) is 4.79 Å². The lowest BCUT2D eigenvalue weighted by Crippen LogP contribution is -2.68. The van der Waals surface area contributed by atoms with E-state index in [0.717, 1.165) is 52.0 Å². The second-order valence-electron chi connectivity index (χ2n) is 7.32. The van der Waals surface area contributed by atoms with Gasteiger partial charge in [0.2, 0.25) is 6.41 Å². The molecule has 3 rings (SSSR count). The molecule has 1 saturated carbocycles. The van der Waals surface area contributed by atoms with Crippen LogP contribution in [-0.4, -0.2) is 78.6 Å². The first-order valence-corrected chi connectivity index (χ1v) is 8.97. The van der Waals surface area contributed by atoms with E-state index >= 15 is 0 Å². The summed E-state index contributed by atoms with van der Waals surface area (Å²) in [5.41, 5.74) is 0.368. The second kappa shape index (κ2) is 6.67. The summed E-state index contributed by atoms with van der Waals surface area (Å²) in [5.74, 6) is 0. The Morgan fingerprint density at radius 3 is 2.43 bits per heavy atom. The fourth-order valence-corrected chi connectivity index (χ4v) is 4.57. The van der Waals surface area contributed by atoms with Crippen LogP contribution in [0.5, 0.6) is 0 Å². The summed E-state index contributed by atoms with van der Waals surface area (Å²) >= 11 is 0. The number of amides is 2. The molecule has 0 aromatic rings. The third kappa shape index (κ3) is 3.18. The minimum absolute atomic E-state index is 0.157. The largest absolute Gasteiger partial charge is 0.450 e. The van der Waals surface area contributed by atoms with Crippen molar-refractivity contribution in [1.29, 1.82) is 0 Å². The van der Waals surface area contributed by atoms with Crippen molar-refractivity contribution in [3.05, 3.63) is 0 Å². The molecule has 2 amide bonds. The normalized spacial score (nSPS) is 24.9. The van der Waals surface area contributed by atoms with E-state index in [9.17, 15) is 9.59 Å². The van der Waals surface area contributed by atoms with Crippen molar-refractivity contribution in [3.63, 3.8) is 0 Å². The van der Waals surface area contributed by atoms with Crippen molar-refractivity contribution < 1.29 is 14.3 Å². The zero-order valence-electron chi connectivity index (χ0n) is 14.4. The molecule has 2 heterocycles. The van der Waals surface area contributed by atoms with Crippen LogP contribution in [-0.2, 0) is 9.53 Å². The van der Waals surface area contributed by atoms with Gasteiger partial charge >= 0.3 is 6.09 Å². The molecule has 2 saturated heterocycles. The maximum Gasteiger partial charge on any atom is 0.409 e. The van der Waals surface area contributed by atoms with Crippen molar-refractivity contribution in [2.75, 3.05) is 39.3 Å². The van der Waals surface area contributed by atoms with Crippen LogP contribution in [0.2, 0.25) is 0 Å². The Morgan fingerprint density at radius 2 is 1.91 bits per heavy atom. The fourth-order valence-electron chi connectivity index (χ4n) is 4.57. The number of ether oxygens (including phenoxy) is 1. The van der Waals surface area contributed by atoms with Crippen molar-refractivity contribution in [3.8, 4) is 0 Å². The highest BCUT2D eigenvalue weighted by Gasteiger charge is 2.55. The Kier molecular flexibility index (Phi) is 4.80. The van der Waals surface area contributed by atoms with Gasteiger partial charge in [0.25, 0.3) is 0 Å². The van der Waals surface area contributed by atoms with Crippen LogP contribution < -0.4 is 0 Å². The minimum Gasteiger partial charge on any atom is -0.450 e. The first kappa shape index (κ1) is 16.6. The molecule has 130 valence electrons. The summed E-state index contributed by atoms with van der Waals surface area (Å²) in [5, 5.41) is 0. The third-order valence-electron chi connectivity index (χ3n) is 5.90. The smallest absolute Gasteiger partial charge is 0.409 e. The van der Waals surface area contributed by atoms with Gasteiger partial charge in [-0.25, -0.2) is 4.79 Å². The van der Waals surface area contributed by atoms with Gasteiger partial charge in [0, 0.05) is 50.2 Å². The SMILES string of the molecule is CCOC(=O)N1CC2(CC(N3CCC(N(C=O)CC)CC3)C2)C1. The van der Waals surface area contributed by atoms with Gasteiger partial charge in [-0.1, -0.05) is 0 Å². The summed E-state index contributed by atoms with van der Waals surface area (Å²) in [6.07, 6.45) is 5.43. The molecular weight excluding hydrogens is 294 g/mol. The second-order valence-corrected chi connectivity index (χ2v) is 7.32. The summed E-state index contributed by atoms with van der Waals surface area (Å²) in [6, 6.07) is 1.09. The molecule has 3 aliphatic rings. The first-order valence-electron chi connectivity index (χ1n) is 8.97. The van der Waals surface area contributed by atoms with Gasteiger partial charge in [0.05, 0.1) is 6.61 Å². The standard InChI is InChI=1S/C17H29N3O3/c1-3-18(13-21)14-5-7-19(8-6-14)15-9-17(10-15)11-20(12-17)16(22)23-4-2/h13-15H,3-12H2,1-2H3. The van der Waals surface area contributed by atoms with Gasteiger partial charge in [-0.3, -0.25) is 4.79 Å². The molecule has 0 bridgehead atoms. The quantitative estimate of drug-likeness (QED) is 0.720. The van der Waals surface area contributed by atoms with Gasteiger partial charge in [-0.15, -0.1) is 0 Å². The Balaban J connectivity index is 1.39. The van der Waals surface area contributed by atoms with E-state index in [0.29, 0.717) is 24.1 Å². The van der Waals surface area contributed by atoms with Crippen molar-refractivity contribution >= 4 is 12.5 Å². The van der Waals surface area contributed by atoms with E-state index in [1.165, 1.54) is 12.8 Å². The molecule has 0 radical (unpaired) electrons. The maximum absolute atomic E-state index is 11.7. The number of carbonyl (C=O) groups is 2. The molecule has 0 unspecified atom stereocenters. The Hall–Kier alpha value is -1.30. The van der Waals surface area contributed by atoms with E-state index in [4.69, 9.17) is 4.74 Å². The molecule has 1 aliphatic carbocycles.